The summed E-state index contributed by atoms with van der Waals surface area (Å²) in [7, 11) is -4.34. The standard InChI is InChI=1S/C36H43ClFN5O9S2/c1-35(2,3)52-33(47)39-26-13-8-6-4-5-7-11-22-17-36(22,32(46)41-54(49,50)29-15-14-28(37)53-29)40-30(44)27-16-23(19-43(27)31(26)45)51-34(48)42-18-21-10-9-12-25(38)24(21)20-42/h7,9-12,14-15,22-23,26-27H,4-6,8,13,16-20H2,1-3H3,(H,39,47)(H,40,44)(H,41,46)/t22-,23-,26+,27+,36-/m1/s1. The fourth-order valence-corrected chi connectivity index (χ4v) is 9.57. The first-order valence-electron chi connectivity index (χ1n) is 17.8. The number of sulfonamides is 1. The molecular formula is C36H43ClFN5O9S2. The topological polar surface area (TPSA) is 181 Å². The van der Waals surface area contributed by atoms with Crippen molar-refractivity contribution in [2.45, 2.75) is 112 Å². The predicted octanol–water partition coefficient (Wildman–Crippen LogP) is 4.76. The lowest BCUT2D eigenvalue weighted by Gasteiger charge is -2.30. The molecule has 1 saturated heterocycles. The number of nitrogens with zero attached hydrogens (tertiary/aromatic N) is 2. The number of nitrogens with one attached hydrogen (secondary N) is 3. The van der Waals surface area contributed by atoms with Gasteiger partial charge in [-0.1, -0.05) is 48.7 Å². The number of carbonyl (C=O) groups is 5. The molecule has 18 heteroatoms. The van der Waals surface area contributed by atoms with Crippen LogP contribution in [0.15, 0.2) is 46.7 Å². The number of hydrogen-bond donors (Lipinski definition) is 3. The minimum absolute atomic E-state index is 0.0187. The van der Waals surface area contributed by atoms with Gasteiger partial charge in [0.05, 0.1) is 17.4 Å². The quantitative estimate of drug-likeness (QED) is 0.359. The Balaban J connectivity index is 1.26. The summed E-state index contributed by atoms with van der Waals surface area (Å²) >= 11 is 6.71. The Labute approximate surface area is 321 Å². The van der Waals surface area contributed by atoms with Gasteiger partial charge in [0.2, 0.25) is 11.8 Å². The van der Waals surface area contributed by atoms with E-state index >= 15 is 0 Å². The molecule has 0 unspecified atom stereocenters. The molecule has 1 saturated carbocycles. The Bertz CT molecular complexity index is 1970. The second-order valence-corrected chi connectivity index (χ2v) is 18.6. The summed E-state index contributed by atoms with van der Waals surface area (Å²) in [5, 5.41) is 5.41. The number of carbonyl (C=O) groups excluding carboxylic acids is 5. The van der Waals surface area contributed by atoms with Gasteiger partial charge in [-0.25, -0.2) is 27.1 Å². The zero-order valence-electron chi connectivity index (χ0n) is 30.1. The number of amides is 5. The Morgan fingerprint density at radius 1 is 1.09 bits per heavy atom. The maximum Gasteiger partial charge on any atom is 0.410 e. The minimum Gasteiger partial charge on any atom is -0.444 e. The van der Waals surface area contributed by atoms with Crippen molar-refractivity contribution in [2.24, 2.45) is 5.92 Å². The van der Waals surface area contributed by atoms with Crippen LogP contribution in [0.25, 0.3) is 0 Å². The van der Waals surface area contributed by atoms with Crippen LogP contribution < -0.4 is 15.4 Å². The molecule has 4 aliphatic rings. The maximum atomic E-state index is 14.4. The normalized spacial score (nSPS) is 26.0. The molecule has 0 bridgehead atoms. The first-order chi connectivity index (χ1) is 25.5. The van der Waals surface area contributed by atoms with Crippen LogP contribution in [0.2, 0.25) is 4.34 Å². The molecule has 2 aromatic rings. The van der Waals surface area contributed by atoms with Crippen molar-refractivity contribution in [2.75, 3.05) is 6.54 Å². The lowest BCUT2D eigenvalue weighted by molar-refractivity contribution is -0.141. The molecule has 1 aromatic heterocycles. The van der Waals surface area contributed by atoms with Crippen molar-refractivity contribution in [3.8, 4) is 0 Å². The van der Waals surface area contributed by atoms with Crippen molar-refractivity contribution < 1.29 is 46.3 Å². The lowest BCUT2D eigenvalue weighted by Crippen LogP contribution is -2.58. The third-order valence-electron chi connectivity index (χ3n) is 9.83. The summed E-state index contributed by atoms with van der Waals surface area (Å²) in [5.74, 6) is -3.34. The number of thiophene rings is 1. The molecule has 5 amide bonds. The molecule has 1 aliphatic carbocycles. The van der Waals surface area contributed by atoms with Gasteiger partial charge in [0, 0.05) is 24.4 Å². The highest BCUT2D eigenvalue weighted by Gasteiger charge is 2.62. The van der Waals surface area contributed by atoms with Gasteiger partial charge in [0.15, 0.2) is 0 Å². The Hall–Kier alpha value is -4.22. The van der Waals surface area contributed by atoms with Crippen LogP contribution in [0.4, 0.5) is 14.0 Å². The van der Waals surface area contributed by atoms with Crippen molar-refractivity contribution >= 4 is 62.9 Å². The molecular weight excluding hydrogens is 765 g/mol. The van der Waals surface area contributed by atoms with E-state index < -0.39 is 81.0 Å². The third kappa shape index (κ3) is 8.84. The van der Waals surface area contributed by atoms with E-state index in [1.807, 2.05) is 6.08 Å². The lowest BCUT2D eigenvalue weighted by atomic mass is 10.0. The summed E-state index contributed by atoms with van der Waals surface area (Å²) in [6.07, 6.45) is 3.83. The third-order valence-corrected chi connectivity index (χ3v) is 12.9. The van der Waals surface area contributed by atoms with E-state index in [-0.39, 0.29) is 47.4 Å². The summed E-state index contributed by atoms with van der Waals surface area (Å²) in [6.45, 7) is 4.92. The molecule has 0 spiro atoms. The first-order valence-corrected chi connectivity index (χ1v) is 20.5. The summed E-state index contributed by atoms with van der Waals surface area (Å²) in [6, 6.07) is 4.85. The van der Waals surface area contributed by atoms with Crippen LogP contribution in [-0.2, 0) is 47.0 Å². The molecule has 54 heavy (non-hydrogen) atoms. The average molecular weight is 808 g/mol. The fourth-order valence-electron chi connectivity index (χ4n) is 7.05. The number of hydrogen-bond acceptors (Lipinski definition) is 10. The predicted molar refractivity (Wildman–Crippen MR) is 195 cm³/mol. The van der Waals surface area contributed by atoms with E-state index in [1.165, 1.54) is 28.0 Å². The van der Waals surface area contributed by atoms with Gasteiger partial charge in [0.25, 0.3) is 15.9 Å². The number of rotatable bonds is 5. The largest absolute Gasteiger partial charge is 0.444 e. The molecule has 14 nitrogen and oxygen atoms in total. The van der Waals surface area contributed by atoms with Gasteiger partial charge in [-0.05, 0) is 70.2 Å². The highest BCUT2D eigenvalue weighted by Crippen LogP contribution is 2.46. The van der Waals surface area contributed by atoms with Gasteiger partial charge in [0.1, 0.15) is 39.4 Å². The van der Waals surface area contributed by atoms with E-state index in [4.69, 9.17) is 21.1 Å². The zero-order chi connectivity index (χ0) is 39.0. The van der Waals surface area contributed by atoms with Gasteiger partial charge in [-0.2, -0.15) is 0 Å². The monoisotopic (exact) mass is 807 g/mol. The number of fused-ring (bicyclic) bond motifs is 3. The number of allylic oxidation sites excluding steroid dienone is 1. The van der Waals surface area contributed by atoms with Gasteiger partial charge >= 0.3 is 12.2 Å². The number of halogens is 2. The molecule has 4 heterocycles. The summed E-state index contributed by atoms with van der Waals surface area (Å²) < 4.78 is 54.1. The van der Waals surface area contributed by atoms with Crippen LogP contribution in [-0.4, -0.2) is 84.0 Å². The molecule has 0 radical (unpaired) electrons. The average Bonchev–Trinajstić information content (AvgIpc) is 3.46. The Kier molecular flexibility index (Phi) is 11.3. The number of ether oxygens (including phenoxy) is 2. The van der Waals surface area contributed by atoms with Crippen LogP contribution in [0, 0.1) is 11.7 Å². The smallest absolute Gasteiger partial charge is 0.410 e. The van der Waals surface area contributed by atoms with Crippen molar-refractivity contribution in [3.63, 3.8) is 0 Å². The number of alkyl carbamates (subject to hydrolysis) is 1. The van der Waals surface area contributed by atoms with Gasteiger partial charge in [-0.3, -0.25) is 19.3 Å². The van der Waals surface area contributed by atoms with Crippen LogP contribution >= 0.6 is 22.9 Å². The van der Waals surface area contributed by atoms with Gasteiger partial charge in [-0.15, -0.1) is 11.3 Å². The highest BCUT2D eigenvalue weighted by atomic mass is 35.5. The summed E-state index contributed by atoms with van der Waals surface area (Å²) in [5.41, 5.74) is -1.51. The molecule has 6 rings (SSSR count). The van der Waals surface area contributed by atoms with E-state index in [0.29, 0.717) is 30.4 Å². The number of benzene rings is 1. The van der Waals surface area contributed by atoms with E-state index in [9.17, 15) is 36.8 Å². The Morgan fingerprint density at radius 3 is 2.57 bits per heavy atom. The van der Waals surface area contributed by atoms with E-state index in [0.717, 1.165) is 17.8 Å². The molecule has 5 atom stereocenters. The fraction of sp³-hybridized carbons (Fsp3) is 0.528. The van der Waals surface area contributed by atoms with Crippen molar-refractivity contribution in [1.82, 2.24) is 25.2 Å². The first kappa shape index (κ1) is 39.5. The van der Waals surface area contributed by atoms with Crippen LogP contribution in [0.5, 0.6) is 0 Å². The van der Waals surface area contributed by atoms with E-state index in [2.05, 4.69) is 15.4 Å². The Morgan fingerprint density at radius 2 is 1.87 bits per heavy atom. The molecule has 3 aliphatic heterocycles. The zero-order valence-corrected chi connectivity index (χ0v) is 32.5. The van der Waals surface area contributed by atoms with Gasteiger partial charge < -0.3 is 25.0 Å². The van der Waals surface area contributed by atoms with Crippen LogP contribution in [0.1, 0.15) is 76.8 Å². The minimum atomic E-state index is -4.34. The van der Waals surface area contributed by atoms with Crippen LogP contribution in [0.3, 0.4) is 0 Å². The molecule has 3 N–H and O–H groups in total. The van der Waals surface area contributed by atoms with E-state index in [1.54, 1.807) is 39.0 Å². The second kappa shape index (κ2) is 15.5. The second-order valence-electron chi connectivity index (χ2n) is 15.0. The summed E-state index contributed by atoms with van der Waals surface area (Å²) in [4.78, 5) is 71.2. The van der Waals surface area contributed by atoms with Crippen molar-refractivity contribution in [1.29, 1.82) is 0 Å². The highest BCUT2D eigenvalue weighted by molar-refractivity contribution is 7.92. The molecule has 292 valence electrons. The molecule has 1 aromatic carbocycles. The maximum absolute atomic E-state index is 14.4. The SMILES string of the molecule is CC(C)(C)OC(=O)N[C@H]1CCCCCC=C[C@@H]2C[C@@]2(C(=O)NS(=O)(=O)c2ccc(Cl)s2)NC(=O)[C@@H]2C[C@@H](OC(=O)N3Cc4cccc(F)c4C3)CN2C1=O. The molecule has 2 fully saturated rings. The van der Waals surface area contributed by atoms with Crippen molar-refractivity contribution in [3.05, 3.63) is 63.8 Å².